The molecule has 0 heterocycles. The number of halogens is 4. The molecule has 0 aliphatic rings. The van der Waals surface area contributed by atoms with Crippen molar-refractivity contribution in [2.24, 2.45) is 4.99 Å². The highest BCUT2D eigenvalue weighted by Crippen LogP contribution is 2.28. The number of aliphatic imine (C=N–C) groups is 1. The molecule has 0 aromatic heterocycles. The third-order valence-electron chi connectivity index (χ3n) is 3.64. The fraction of sp³-hybridized carbons (Fsp3) is 0.588. The zero-order valence-electron chi connectivity index (χ0n) is 15.4. The molecule has 5 nitrogen and oxygen atoms in total. The van der Waals surface area contributed by atoms with Gasteiger partial charge in [0.2, 0.25) is 0 Å². The van der Waals surface area contributed by atoms with Crippen LogP contribution < -0.4 is 10.6 Å². The molecule has 0 amide bonds. The number of rotatable bonds is 9. The van der Waals surface area contributed by atoms with Crippen molar-refractivity contribution in [2.45, 2.75) is 19.1 Å². The maximum Gasteiger partial charge on any atom is 0.416 e. The Kier molecular flexibility index (Phi) is 12.6. The minimum atomic E-state index is -4.31. The predicted octanol–water partition coefficient (Wildman–Crippen LogP) is 2.96. The average molecular weight is 488 g/mol. The second-order valence-electron chi connectivity index (χ2n) is 5.70. The van der Waals surface area contributed by atoms with E-state index in [1.165, 1.54) is 12.1 Å². The Morgan fingerprint density at radius 3 is 2.35 bits per heavy atom. The highest BCUT2D eigenvalue weighted by molar-refractivity contribution is 14.0. The lowest BCUT2D eigenvalue weighted by Crippen LogP contribution is -2.40. The molecule has 0 fully saturated rings. The van der Waals surface area contributed by atoms with E-state index < -0.39 is 11.7 Å². The predicted molar refractivity (Wildman–Crippen MR) is 109 cm³/mol. The van der Waals surface area contributed by atoms with Crippen LogP contribution in [0.2, 0.25) is 0 Å². The molecule has 0 bridgehead atoms. The number of methoxy groups -OCH3 is 1. The van der Waals surface area contributed by atoms with Crippen LogP contribution >= 0.6 is 24.0 Å². The van der Waals surface area contributed by atoms with Gasteiger partial charge in [0.25, 0.3) is 0 Å². The van der Waals surface area contributed by atoms with Gasteiger partial charge >= 0.3 is 6.18 Å². The number of hydrogen-bond acceptors (Lipinski definition) is 3. The van der Waals surface area contributed by atoms with Gasteiger partial charge in [-0.05, 0) is 31.2 Å². The first-order valence-electron chi connectivity index (χ1n) is 8.15. The summed E-state index contributed by atoms with van der Waals surface area (Å²) in [7, 11) is 5.38. The van der Waals surface area contributed by atoms with Gasteiger partial charge in [0.1, 0.15) is 0 Å². The van der Waals surface area contributed by atoms with Gasteiger partial charge in [-0.3, -0.25) is 4.99 Å². The molecule has 0 aliphatic carbocycles. The van der Waals surface area contributed by atoms with Crippen molar-refractivity contribution in [2.75, 3.05) is 47.4 Å². The molecule has 0 radical (unpaired) electrons. The second-order valence-corrected chi connectivity index (χ2v) is 5.70. The second kappa shape index (κ2) is 13.2. The van der Waals surface area contributed by atoms with Gasteiger partial charge in [-0.1, -0.05) is 12.1 Å². The number of benzene rings is 1. The monoisotopic (exact) mass is 488 g/mol. The Balaban J connectivity index is 0.00000625. The summed E-state index contributed by atoms with van der Waals surface area (Å²) in [5, 5.41) is 6.27. The van der Waals surface area contributed by atoms with Crippen molar-refractivity contribution >= 4 is 29.9 Å². The van der Waals surface area contributed by atoms with Crippen molar-refractivity contribution < 1.29 is 17.9 Å². The summed E-state index contributed by atoms with van der Waals surface area (Å²) >= 11 is 0. The molecule has 0 aliphatic heterocycles. The van der Waals surface area contributed by atoms with Crippen LogP contribution in [0.3, 0.4) is 0 Å². The molecule has 0 spiro atoms. The summed E-state index contributed by atoms with van der Waals surface area (Å²) < 4.78 is 42.6. The molecule has 1 aromatic carbocycles. The third-order valence-corrected chi connectivity index (χ3v) is 3.64. The van der Waals surface area contributed by atoms with Crippen LogP contribution in [0.1, 0.15) is 17.5 Å². The van der Waals surface area contributed by atoms with Gasteiger partial charge in [0.15, 0.2) is 5.96 Å². The van der Waals surface area contributed by atoms with E-state index in [4.69, 9.17) is 4.74 Å². The summed E-state index contributed by atoms with van der Waals surface area (Å²) in [5.74, 6) is 0.616. The fourth-order valence-corrected chi connectivity index (χ4v) is 2.17. The Bertz CT molecular complexity index is 524. The van der Waals surface area contributed by atoms with Crippen molar-refractivity contribution in [3.8, 4) is 0 Å². The van der Waals surface area contributed by atoms with Crippen LogP contribution in [0, 0.1) is 0 Å². The highest BCUT2D eigenvalue weighted by Gasteiger charge is 2.29. The van der Waals surface area contributed by atoms with Crippen molar-refractivity contribution in [1.29, 1.82) is 0 Å². The molecular formula is C17H28F3IN4O. The molecule has 26 heavy (non-hydrogen) atoms. The number of hydrogen-bond donors (Lipinski definition) is 2. The van der Waals surface area contributed by atoms with Gasteiger partial charge in [-0.15, -0.1) is 24.0 Å². The van der Waals surface area contributed by atoms with Crippen LogP contribution in [0.15, 0.2) is 29.3 Å². The van der Waals surface area contributed by atoms with E-state index in [-0.39, 0.29) is 24.0 Å². The van der Waals surface area contributed by atoms with E-state index in [2.05, 4.69) is 20.5 Å². The minimum absolute atomic E-state index is 0. The average Bonchev–Trinajstić information content (AvgIpc) is 2.57. The third kappa shape index (κ3) is 10.2. The molecule has 0 saturated heterocycles. The number of nitrogens with one attached hydrogen (secondary N) is 2. The molecule has 9 heteroatoms. The molecule has 1 aromatic rings. The highest BCUT2D eigenvalue weighted by atomic mass is 127. The molecule has 0 atom stereocenters. The lowest BCUT2D eigenvalue weighted by Gasteiger charge is -2.18. The van der Waals surface area contributed by atoms with E-state index >= 15 is 0 Å². The summed E-state index contributed by atoms with van der Waals surface area (Å²) in [5.41, 5.74) is 0.114. The minimum Gasteiger partial charge on any atom is -0.385 e. The molecule has 0 saturated carbocycles. The molecule has 2 N–H and O–H groups in total. The van der Waals surface area contributed by atoms with Crippen LogP contribution in [0.5, 0.6) is 0 Å². The topological polar surface area (TPSA) is 48.9 Å². The lowest BCUT2D eigenvalue weighted by atomic mass is 10.1. The standard InChI is InChI=1S/C17H27F3N4O.HI/c1-21-16(22-9-11-24(2)10-4-12-25-3)23-13-14-5-7-15(8-6-14)17(18,19)20;/h5-8H,4,9-13H2,1-3H3,(H2,21,22,23);1H. The smallest absolute Gasteiger partial charge is 0.385 e. The summed E-state index contributed by atoms with van der Waals surface area (Å²) in [6.45, 7) is 3.67. The van der Waals surface area contributed by atoms with E-state index in [0.29, 0.717) is 12.5 Å². The normalized spacial score (nSPS) is 12.0. The van der Waals surface area contributed by atoms with E-state index in [0.717, 1.165) is 50.4 Å². The van der Waals surface area contributed by atoms with Crippen LogP contribution in [-0.4, -0.2) is 58.3 Å². The lowest BCUT2D eigenvalue weighted by molar-refractivity contribution is -0.137. The first kappa shape index (κ1) is 24.9. The van der Waals surface area contributed by atoms with E-state index in [1.54, 1.807) is 14.2 Å². The van der Waals surface area contributed by atoms with E-state index in [9.17, 15) is 13.2 Å². The molecule has 0 unspecified atom stereocenters. The van der Waals surface area contributed by atoms with Gasteiger partial charge < -0.3 is 20.3 Å². The largest absolute Gasteiger partial charge is 0.416 e. The summed E-state index contributed by atoms with van der Waals surface area (Å²) in [6, 6.07) is 5.10. The SMILES string of the molecule is CN=C(NCCN(C)CCCOC)NCc1ccc(C(F)(F)F)cc1.I. The first-order chi connectivity index (χ1) is 11.9. The Labute approximate surface area is 170 Å². The van der Waals surface area contributed by atoms with Gasteiger partial charge in [0.05, 0.1) is 5.56 Å². The summed E-state index contributed by atoms with van der Waals surface area (Å²) in [4.78, 5) is 6.30. The number of likely N-dealkylation sites (N-methyl/N-ethyl adjacent to an activating group) is 1. The maximum atomic E-state index is 12.5. The fourth-order valence-electron chi connectivity index (χ4n) is 2.17. The first-order valence-corrected chi connectivity index (χ1v) is 8.15. The number of nitrogens with zero attached hydrogens (tertiary/aromatic N) is 2. The summed E-state index contributed by atoms with van der Waals surface area (Å²) in [6.07, 6.45) is -3.33. The van der Waals surface area contributed by atoms with Crippen molar-refractivity contribution in [1.82, 2.24) is 15.5 Å². The Morgan fingerprint density at radius 1 is 1.15 bits per heavy atom. The van der Waals surface area contributed by atoms with Crippen molar-refractivity contribution in [3.63, 3.8) is 0 Å². The number of ether oxygens (including phenoxy) is 1. The van der Waals surface area contributed by atoms with Crippen LogP contribution in [0.4, 0.5) is 13.2 Å². The van der Waals surface area contributed by atoms with Crippen molar-refractivity contribution in [3.05, 3.63) is 35.4 Å². The molecular weight excluding hydrogens is 460 g/mol. The van der Waals surface area contributed by atoms with Gasteiger partial charge in [0, 0.05) is 46.9 Å². The van der Waals surface area contributed by atoms with Crippen LogP contribution in [0.25, 0.3) is 0 Å². The van der Waals surface area contributed by atoms with Gasteiger partial charge in [-0.25, -0.2) is 0 Å². The zero-order chi connectivity index (χ0) is 18.7. The Hall–Kier alpha value is -1.07. The maximum absolute atomic E-state index is 12.5. The van der Waals surface area contributed by atoms with Crippen LogP contribution in [-0.2, 0) is 17.5 Å². The number of guanidine groups is 1. The van der Waals surface area contributed by atoms with Gasteiger partial charge in [-0.2, -0.15) is 13.2 Å². The Morgan fingerprint density at radius 2 is 1.81 bits per heavy atom. The molecule has 1 rings (SSSR count). The van der Waals surface area contributed by atoms with E-state index in [1.807, 2.05) is 7.05 Å². The number of alkyl halides is 3. The quantitative estimate of drug-likeness (QED) is 0.243. The molecule has 150 valence electrons. The zero-order valence-corrected chi connectivity index (χ0v) is 17.7.